The molecule has 0 radical (unpaired) electrons. The number of likely N-dealkylation sites (tertiary alicyclic amines) is 1. The zero-order valence-corrected chi connectivity index (χ0v) is 12.3. The number of hydrogen-bond acceptors (Lipinski definition) is 3. The number of carbonyl (C=O) groups is 1. The standard InChI is InChI=1S/C14H17F3N2OS/c1-2-3-4-12(20)19-7-5-10(6-8-19)13-18-11(9-21-13)14(15,16)17/h2,9-10H,1,3-8H2. The highest BCUT2D eigenvalue weighted by Gasteiger charge is 2.35. The van der Waals surface area contributed by atoms with Gasteiger partial charge in [-0.3, -0.25) is 4.79 Å². The molecule has 7 heteroatoms. The quantitative estimate of drug-likeness (QED) is 0.790. The topological polar surface area (TPSA) is 33.2 Å². The molecule has 0 atom stereocenters. The van der Waals surface area contributed by atoms with E-state index in [0.29, 0.717) is 43.8 Å². The van der Waals surface area contributed by atoms with E-state index in [2.05, 4.69) is 11.6 Å². The van der Waals surface area contributed by atoms with Gasteiger partial charge in [-0.2, -0.15) is 13.2 Å². The average Bonchev–Trinajstić information content (AvgIpc) is 2.95. The normalized spacial score (nSPS) is 17.0. The summed E-state index contributed by atoms with van der Waals surface area (Å²) in [6.07, 6.45) is -0.228. The van der Waals surface area contributed by atoms with E-state index in [4.69, 9.17) is 0 Å². The molecule has 1 aliphatic heterocycles. The number of alkyl halides is 3. The molecule has 1 aliphatic rings. The lowest BCUT2D eigenvalue weighted by Gasteiger charge is -2.31. The van der Waals surface area contributed by atoms with Crippen LogP contribution in [0.5, 0.6) is 0 Å². The van der Waals surface area contributed by atoms with Gasteiger partial charge in [-0.1, -0.05) is 6.08 Å². The fourth-order valence-corrected chi connectivity index (χ4v) is 3.36. The number of thiazole rings is 1. The number of amides is 1. The van der Waals surface area contributed by atoms with Crippen LogP contribution < -0.4 is 0 Å². The van der Waals surface area contributed by atoms with E-state index in [1.807, 2.05) is 0 Å². The van der Waals surface area contributed by atoms with Crippen LogP contribution in [0.1, 0.15) is 42.3 Å². The van der Waals surface area contributed by atoms with Gasteiger partial charge in [0.15, 0.2) is 5.69 Å². The highest BCUT2D eigenvalue weighted by molar-refractivity contribution is 7.09. The minimum absolute atomic E-state index is 0.0227. The Morgan fingerprint density at radius 1 is 1.48 bits per heavy atom. The Morgan fingerprint density at radius 2 is 2.14 bits per heavy atom. The molecular formula is C14H17F3N2OS. The number of hydrogen-bond donors (Lipinski definition) is 0. The van der Waals surface area contributed by atoms with Crippen molar-refractivity contribution >= 4 is 17.2 Å². The summed E-state index contributed by atoms with van der Waals surface area (Å²) in [5.41, 5.74) is -0.813. The van der Waals surface area contributed by atoms with Gasteiger partial charge in [-0.25, -0.2) is 4.98 Å². The Labute approximate surface area is 125 Å². The molecule has 0 spiro atoms. The maximum absolute atomic E-state index is 12.5. The fourth-order valence-electron chi connectivity index (χ4n) is 2.36. The van der Waals surface area contributed by atoms with Gasteiger partial charge in [0.05, 0.1) is 5.01 Å². The van der Waals surface area contributed by atoms with Gasteiger partial charge in [0, 0.05) is 30.8 Å². The van der Waals surface area contributed by atoms with Gasteiger partial charge in [0.25, 0.3) is 0 Å². The summed E-state index contributed by atoms with van der Waals surface area (Å²) in [5, 5.41) is 1.59. The van der Waals surface area contributed by atoms with Gasteiger partial charge < -0.3 is 4.90 Å². The van der Waals surface area contributed by atoms with Crippen molar-refractivity contribution in [3.63, 3.8) is 0 Å². The van der Waals surface area contributed by atoms with Crippen molar-refractivity contribution in [3.8, 4) is 0 Å². The number of halogens is 3. The molecule has 1 aromatic heterocycles. The van der Waals surface area contributed by atoms with Crippen LogP contribution >= 0.6 is 11.3 Å². The monoisotopic (exact) mass is 318 g/mol. The summed E-state index contributed by atoms with van der Waals surface area (Å²) in [5.74, 6) is 0.109. The van der Waals surface area contributed by atoms with Gasteiger partial charge in [-0.05, 0) is 19.3 Å². The number of piperidine rings is 1. The SMILES string of the molecule is C=CCCC(=O)N1CCC(c2nc(C(F)(F)F)cs2)CC1. The highest BCUT2D eigenvalue weighted by Crippen LogP contribution is 2.35. The molecule has 2 rings (SSSR count). The Hall–Kier alpha value is -1.37. The molecular weight excluding hydrogens is 301 g/mol. The summed E-state index contributed by atoms with van der Waals surface area (Å²) in [4.78, 5) is 17.3. The second kappa shape index (κ2) is 6.60. The first-order valence-corrected chi connectivity index (χ1v) is 7.71. The van der Waals surface area contributed by atoms with E-state index in [1.165, 1.54) is 0 Å². The third-order valence-corrected chi connectivity index (χ3v) is 4.58. The molecule has 1 amide bonds. The second-order valence-electron chi connectivity index (χ2n) is 5.05. The van der Waals surface area contributed by atoms with Crippen LogP contribution in [0.4, 0.5) is 13.2 Å². The second-order valence-corrected chi connectivity index (χ2v) is 5.94. The van der Waals surface area contributed by atoms with Gasteiger partial charge in [0.2, 0.25) is 5.91 Å². The smallest absolute Gasteiger partial charge is 0.343 e. The zero-order valence-electron chi connectivity index (χ0n) is 11.5. The highest BCUT2D eigenvalue weighted by atomic mass is 32.1. The lowest BCUT2D eigenvalue weighted by Crippen LogP contribution is -2.37. The Kier molecular flexibility index (Phi) is 5.03. The summed E-state index contributed by atoms with van der Waals surface area (Å²) >= 11 is 1.06. The predicted molar refractivity (Wildman–Crippen MR) is 75.1 cm³/mol. The molecule has 0 aromatic carbocycles. The Balaban J connectivity index is 1.90. The van der Waals surface area contributed by atoms with E-state index in [1.54, 1.807) is 11.0 Å². The predicted octanol–water partition coefficient (Wildman–Crippen LogP) is 3.83. The Morgan fingerprint density at radius 3 is 2.67 bits per heavy atom. The molecule has 2 heterocycles. The minimum atomic E-state index is -4.38. The summed E-state index contributed by atoms with van der Waals surface area (Å²) in [7, 11) is 0. The van der Waals surface area contributed by atoms with Crippen molar-refractivity contribution in [1.29, 1.82) is 0 Å². The van der Waals surface area contributed by atoms with Gasteiger partial charge in [0.1, 0.15) is 0 Å². The van der Waals surface area contributed by atoms with Gasteiger partial charge in [-0.15, -0.1) is 17.9 Å². The maximum Gasteiger partial charge on any atom is 0.434 e. The van der Waals surface area contributed by atoms with Crippen LogP contribution in [-0.4, -0.2) is 28.9 Å². The molecule has 0 bridgehead atoms. The first-order valence-electron chi connectivity index (χ1n) is 6.83. The summed E-state index contributed by atoms with van der Waals surface area (Å²) in [6.45, 7) is 4.75. The molecule has 3 nitrogen and oxygen atoms in total. The molecule has 1 saturated heterocycles. The van der Waals surface area contributed by atoms with E-state index >= 15 is 0 Å². The van der Waals surface area contributed by atoms with Crippen LogP contribution in [-0.2, 0) is 11.0 Å². The number of carbonyl (C=O) groups excluding carboxylic acids is 1. The zero-order chi connectivity index (χ0) is 15.5. The largest absolute Gasteiger partial charge is 0.434 e. The average molecular weight is 318 g/mol. The summed E-state index contributed by atoms with van der Waals surface area (Å²) in [6, 6.07) is 0. The Bertz CT molecular complexity index is 505. The van der Waals surface area contributed by atoms with Crippen LogP contribution in [0.2, 0.25) is 0 Å². The summed E-state index contributed by atoms with van der Waals surface area (Å²) < 4.78 is 37.6. The van der Waals surface area contributed by atoms with Crippen molar-refractivity contribution in [2.24, 2.45) is 0 Å². The molecule has 116 valence electrons. The van der Waals surface area contributed by atoms with Crippen molar-refractivity contribution < 1.29 is 18.0 Å². The fraction of sp³-hybridized carbons (Fsp3) is 0.571. The van der Waals surface area contributed by atoms with E-state index < -0.39 is 11.9 Å². The van der Waals surface area contributed by atoms with Crippen molar-refractivity contribution in [2.45, 2.75) is 37.8 Å². The maximum atomic E-state index is 12.5. The van der Waals surface area contributed by atoms with Crippen molar-refractivity contribution in [3.05, 3.63) is 28.7 Å². The third kappa shape index (κ3) is 4.06. The van der Waals surface area contributed by atoms with Gasteiger partial charge >= 0.3 is 6.18 Å². The molecule has 0 saturated carbocycles. The minimum Gasteiger partial charge on any atom is -0.343 e. The molecule has 21 heavy (non-hydrogen) atoms. The van der Waals surface area contributed by atoms with Crippen molar-refractivity contribution in [1.82, 2.24) is 9.88 Å². The van der Waals surface area contributed by atoms with Crippen LogP contribution in [0.3, 0.4) is 0 Å². The molecule has 0 N–H and O–H groups in total. The van der Waals surface area contributed by atoms with E-state index in [9.17, 15) is 18.0 Å². The molecule has 0 aliphatic carbocycles. The lowest BCUT2D eigenvalue weighted by atomic mass is 9.97. The van der Waals surface area contributed by atoms with E-state index in [-0.39, 0.29) is 11.8 Å². The van der Waals surface area contributed by atoms with E-state index in [0.717, 1.165) is 16.7 Å². The van der Waals surface area contributed by atoms with Crippen LogP contribution in [0, 0.1) is 0 Å². The van der Waals surface area contributed by atoms with Crippen LogP contribution in [0.25, 0.3) is 0 Å². The number of rotatable bonds is 4. The number of aromatic nitrogens is 1. The first-order chi connectivity index (χ1) is 9.91. The number of nitrogens with zero attached hydrogens (tertiary/aromatic N) is 2. The third-order valence-electron chi connectivity index (χ3n) is 3.57. The number of allylic oxidation sites excluding steroid dienone is 1. The lowest BCUT2D eigenvalue weighted by molar-refractivity contribution is -0.140. The van der Waals surface area contributed by atoms with Crippen LogP contribution in [0.15, 0.2) is 18.0 Å². The molecule has 1 fully saturated rings. The molecule has 0 unspecified atom stereocenters. The molecule has 1 aromatic rings. The van der Waals surface area contributed by atoms with Crippen molar-refractivity contribution in [2.75, 3.05) is 13.1 Å². The first kappa shape index (κ1) is 16.0.